The van der Waals surface area contributed by atoms with Gasteiger partial charge >= 0.3 is 11.9 Å². The monoisotopic (exact) mass is 954 g/mol. The molecule has 0 saturated heterocycles. The fraction of sp³-hybridized carbons (Fsp3) is 0.893. The lowest BCUT2D eigenvalue weighted by molar-refractivity contribution is -0.870. The smallest absolute Gasteiger partial charge is 0.306 e. The second-order valence-electron chi connectivity index (χ2n) is 20.3. The molecule has 0 aliphatic rings. The summed E-state index contributed by atoms with van der Waals surface area (Å²) in [7, 11) is 1.18. The fourth-order valence-corrected chi connectivity index (χ4v) is 8.83. The number of esters is 2. The van der Waals surface area contributed by atoms with Crippen LogP contribution in [0.1, 0.15) is 271 Å². The first-order valence-corrected chi connectivity index (χ1v) is 29.5. The molecule has 390 valence electrons. The Bertz CT molecular complexity index is 1170. The molecule has 0 spiro atoms. The zero-order chi connectivity index (χ0) is 48.5. The van der Waals surface area contributed by atoms with Crippen molar-refractivity contribution in [1.82, 2.24) is 0 Å². The Labute approximate surface area is 409 Å². The first kappa shape index (κ1) is 64.5. The van der Waals surface area contributed by atoms with E-state index in [4.69, 9.17) is 18.5 Å². The highest BCUT2D eigenvalue weighted by atomic mass is 31.2. The molecule has 0 saturated carbocycles. The van der Waals surface area contributed by atoms with E-state index in [0.29, 0.717) is 17.4 Å². The molecule has 2 atom stereocenters. The molecule has 0 fully saturated rings. The van der Waals surface area contributed by atoms with Crippen LogP contribution in [0.3, 0.4) is 0 Å². The van der Waals surface area contributed by atoms with Crippen molar-refractivity contribution in [2.24, 2.45) is 0 Å². The molecule has 0 heterocycles. The van der Waals surface area contributed by atoms with Gasteiger partial charge in [-0.05, 0) is 44.9 Å². The van der Waals surface area contributed by atoms with Crippen LogP contribution in [0.4, 0.5) is 0 Å². The van der Waals surface area contributed by atoms with Crippen LogP contribution in [-0.4, -0.2) is 70.0 Å². The van der Waals surface area contributed by atoms with Gasteiger partial charge in [0.25, 0.3) is 7.82 Å². The fourth-order valence-electron chi connectivity index (χ4n) is 8.10. The van der Waals surface area contributed by atoms with Gasteiger partial charge in [-0.25, -0.2) is 0 Å². The summed E-state index contributed by atoms with van der Waals surface area (Å²) >= 11 is 0. The number of quaternary nitrogens is 1. The molecule has 0 N–H and O–H groups in total. The number of likely N-dealkylation sites (N-methyl/N-ethyl adjacent to an activating group) is 1. The van der Waals surface area contributed by atoms with Gasteiger partial charge in [0, 0.05) is 12.8 Å². The molecule has 0 rings (SSSR count). The minimum atomic E-state index is -4.62. The van der Waals surface area contributed by atoms with Crippen molar-refractivity contribution in [3.8, 4) is 0 Å². The summed E-state index contributed by atoms with van der Waals surface area (Å²) in [5, 5.41) is 0. The molecule has 9 nitrogen and oxygen atoms in total. The van der Waals surface area contributed by atoms with Crippen molar-refractivity contribution < 1.29 is 42.1 Å². The summed E-state index contributed by atoms with van der Waals surface area (Å²) in [6.45, 7) is 4.23. The van der Waals surface area contributed by atoms with E-state index in [1.54, 1.807) is 0 Å². The molecular weight excluding hydrogens is 846 g/mol. The van der Waals surface area contributed by atoms with E-state index in [1.165, 1.54) is 199 Å². The summed E-state index contributed by atoms with van der Waals surface area (Å²) in [5.74, 6) is -0.823. The van der Waals surface area contributed by atoms with Crippen molar-refractivity contribution in [3.05, 3.63) is 24.3 Å². The highest BCUT2D eigenvalue weighted by Crippen LogP contribution is 2.38. The number of hydrogen-bond acceptors (Lipinski definition) is 8. The average Bonchev–Trinajstić information content (AvgIpc) is 3.27. The Kier molecular flexibility index (Phi) is 47.4. The van der Waals surface area contributed by atoms with Gasteiger partial charge in [0.2, 0.25) is 0 Å². The minimum Gasteiger partial charge on any atom is -0.756 e. The highest BCUT2D eigenvalue weighted by Gasteiger charge is 2.22. The van der Waals surface area contributed by atoms with Crippen molar-refractivity contribution in [2.75, 3.05) is 47.5 Å². The van der Waals surface area contributed by atoms with Crippen LogP contribution in [0, 0.1) is 0 Å². The van der Waals surface area contributed by atoms with Crippen LogP contribution in [-0.2, 0) is 32.7 Å². The second-order valence-corrected chi connectivity index (χ2v) is 21.7. The van der Waals surface area contributed by atoms with Gasteiger partial charge in [0.1, 0.15) is 19.8 Å². The topological polar surface area (TPSA) is 111 Å². The van der Waals surface area contributed by atoms with Gasteiger partial charge in [-0.3, -0.25) is 14.2 Å². The molecule has 0 amide bonds. The number of phosphoric ester groups is 1. The van der Waals surface area contributed by atoms with Gasteiger partial charge in [0.05, 0.1) is 27.7 Å². The van der Waals surface area contributed by atoms with Crippen molar-refractivity contribution in [3.63, 3.8) is 0 Å². The molecule has 0 aliphatic carbocycles. The van der Waals surface area contributed by atoms with Crippen LogP contribution >= 0.6 is 7.82 Å². The zero-order valence-electron chi connectivity index (χ0n) is 44.2. The van der Waals surface area contributed by atoms with Crippen LogP contribution in [0.2, 0.25) is 0 Å². The van der Waals surface area contributed by atoms with Gasteiger partial charge in [0.15, 0.2) is 6.10 Å². The summed E-state index contributed by atoms with van der Waals surface area (Å²) < 4.78 is 34.0. The molecule has 0 aromatic carbocycles. The third kappa shape index (κ3) is 51.9. The number of unbranched alkanes of at least 4 members (excludes halogenated alkanes) is 34. The van der Waals surface area contributed by atoms with E-state index in [2.05, 4.69) is 38.2 Å². The highest BCUT2D eigenvalue weighted by molar-refractivity contribution is 7.45. The summed E-state index contributed by atoms with van der Waals surface area (Å²) in [5.41, 5.74) is 0. The third-order valence-corrected chi connectivity index (χ3v) is 13.4. The predicted octanol–water partition coefficient (Wildman–Crippen LogP) is 16.4. The second kappa shape index (κ2) is 48.5. The van der Waals surface area contributed by atoms with Crippen molar-refractivity contribution in [1.29, 1.82) is 0 Å². The molecule has 66 heavy (non-hydrogen) atoms. The Hall–Kier alpha value is -1.51. The van der Waals surface area contributed by atoms with Gasteiger partial charge in [-0.15, -0.1) is 0 Å². The van der Waals surface area contributed by atoms with Gasteiger partial charge in [-0.2, -0.15) is 0 Å². The largest absolute Gasteiger partial charge is 0.756 e. The number of phosphoric acid groups is 1. The van der Waals surface area contributed by atoms with Crippen LogP contribution in [0.5, 0.6) is 0 Å². The lowest BCUT2D eigenvalue weighted by Crippen LogP contribution is -2.37. The Balaban J connectivity index is 3.91. The zero-order valence-corrected chi connectivity index (χ0v) is 45.1. The van der Waals surface area contributed by atoms with Gasteiger partial charge < -0.3 is 27.9 Å². The van der Waals surface area contributed by atoms with Crippen molar-refractivity contribution in [2.45, 2.75) is 277 Å². The average molecular weight is 954 g/mol. The SMILES string of the molecule is CCCCCCC/C=C\C/C=C\CCCCCCCCCCCCCCCCCCCCCCCC(=O)OC(COC(=O)CCCCCCCCCCC)COP(=O)([O-])OCC[N+](C)(C)C. The predicted molar refractivity (Wildman–Crippen MR) is 278 cm³/mol. The third-order valence-electron chi connectivity index (χ3n) is 12.5. The maximum absolute atomic E-state index is 12.7. The first-order valence-electron chi connectivity index (χ1n) is 28.0. The van der Waals surface area contributed by atoms with E-state index in [0.717, 1.165) is 38.5 Å². The molecule has 0 aromatic heterocycles. The van der Waals surface area contributed by atoms with Crippen LogP contribution in [0.25, 0.3) is 0 Å². The van der Waals surface area contributed by atoms with E-state index in [1.807, 2.05) is 21.1 Å². The number of allylic oxidation sites excluding steroid dienone is 4. The van der Waals surface area contributed by atoms with Crippen LogP contribution in [0.15, 0.2) is 24.3 Å². The Morgan fingerprint density at radius 3 is 1.20 bits per heavy atom. The Morgan fingerprint density at radius 2 is 0.818 bits per heavy atom. The van der Waals surface area contributed by atoms with Crippen molar-refractivity contribution >= 4 is 19.8 Å². The number of nitrogens with zero attached hydrogens (tertiary/aromatic N) is 1. The summed E-state index contributed by atoms with van der Waals surface area (Å²) in [6.07, 6.45) is 56.8. The maximum atomic E-state index is 12.7. The molecule has 10 heteroatoms. The number of rotatable bonds is 52. The molecular formula is C56H108NO8P. The lowest BCUT2D eigenvalue weighted by Gasteiger charge is -2.28. The van der Waals surface area contributed by atoms with Gasteiger partial charge in [-0.1, -0.05) is 237 Å². The van der Waals surface area contributed by atoms with E-state index in [-0.39, 0.29) is 32.0 Å². The molecule has 0 aliphatic heterocycles. The van der Waals surface area contributed by atoms with Crippen LogP contribution < -0.4 is 4.89 Å². The number of carbonyl (C=O) groups is 2. The normalized spacial score (nSPS) is 13.5. The summed E-state index contributed by atoms with van der Waals surface area (Å²) in [6, 6.07) is 0. The van der Waals surface area contributed by atoms with E-state index >= 15 is 0 Å². The number of ether oxygens (including phenoxy) is 2. The van der Waals surface area contributed by atoms with E-state index < -0.39 is 26.5 Å². The molecule has 2 unspecified atom stereocenters. The lowest BCUT2D eigenvalue weighted by atomic mass is 10.0. The molecule has 0 bridgehead atoms. The molecule has 0 radical (unpaired) electrons. The Morgan fingerprint density at radius 1 is 0.470 bits per heavy atom. The molecule has 0 aromatic rings. The number of carbonyl (C=O) groups excluding carboxylic acids is 2. The standard InChI is InChI=1S/C56H108NO8P/c1-6-8-10-12-14-16-17-18-19-20-21-22-23-24-25-26-27-28-29-30-31-32-33-34-35-36-37-38-39-41-43-45-47-49-56(59)65-54(53-64-66(60,61)63-51-50-57(3,4)5)52-62-55(58)48-46-44-42-40-15-13-11-9-7-2/h17-18,20-21,54H,6-16,19,22-53H2,1-5H3/b18-17-,21-20-. The van der Waals surface area contributed by atoms with E-state index in [9.17, 15) is 19.0 Å². The maximum Gasteiger partial charge on any atom is 0.306 e. The first-order chi connectivity index (χ1) is 32.0. The minimum absolute atomic E-state index is 0.0274. The summed E-state index contributed by atoms with van der Waals surface area (Å²) in [4.78, 5) is 37.6. The quantitative estimate of drug-likeness (QED) is 0.0195. The number of hydrogen-bond donors (Lipinski definition) is 0.